The molecule has 2 heteroatoms. The molecule has 0 bridgehead atoms. The maximum atomic E-state index is 12.8. The molecule has 2 aliphatic rings. The summed E-state index contributed by atoms with van der Waals surface area (Å²) in [4.78, 5) is 12.8. The van der Waals surface area contributed by atoms with Gasteiger partial charge in [-0.05, 0) is 40.0 Å². The van der Waals surface area contributed by atoms with E-state index in [1.54, 1.807) is 0 Å². The molecule has 0 aliphatic heterocycles. The van der Waals surface area contributed by atoms with Gasteiger partial charge in [-0.1, -0.05) is 90.1 Å². The van der Waals surface area contributed by atoms with Gasteiger partial charge in [0.2, 0.25) is 0 Å². The van der Waals surface area contributed by atoms with E-state index in [0.717, 1.165) is 6.42 Å². The molecule has 2 unspecified atom stereocenters. The maximum absolute atomic E-state index is 12.8. The van der Waals surface area contributed by atoms with Crippen molar-refractivity contribution in [2.45, 2.75) is 76.7 Å². The van der Waals surface area contributed by atoms with Crippen LogP contribution in [-0.4, -0.2) is 12.1 Å². The molecule has 0 radical (unpaired) electrons. The van der Waals surface area contributed by atoms with Crippen LogP contribution < -0.4 is 0 Å². The van der Waals surface area contributed by atoms with Gasteiger partial charge in [0.1, 0.15) is 6.10 Å². The van der Waals surface area contributed by atoms with Gasteiger partial charge in [0.05, 0.1) is 5.41 Å². The number of benzene rings is 2. The zero-order chi connectivity index (χ0) is 20.3. The largest absolute Gasteiger partial charge is 0.460 e. The molecule has 2 aromatic carbocycles. The molecule has 0 N–H and O–H groups in total. The zero-order valence-corrected chi connectivity index (χ0v) is 18.0. The molecule has 0 fully saturated rings. The molecule has 0 amide bonds. The number of hydrogen-bond donors (Lipinski definition) is 0. The van der Waals surface area contributed by atoms with Crippen LogP contribution in [0.25, 0.3) is 0 Å². The van der Waals surface area contributed by atoms with Crippen molar-refractivity contribution in [3.05, 3.63) is 70.8 Å². The Kier molecular flexibility index (Phi) is 4.26. The van der Waals surface area contributed by atoms with E-state index in [0.29, 0.717) is 12.3 Å². The van der Waals surface area contributed by atoms with Gasteiger partial charge in [-0.25, -0.2) is 0 Å². The van der Waals surface area contributed by atoms with E-state index < -0.39 is 0 Å². The highest BCUT2D eigenvalue weighted by atomic mass is 16.5. The Morgan fingerprint density at radius 1 is 0.929 bits per heavy atom. The monoisotopic (exact) mass is 376 g/mol. The van der Waals surface area contributed by atoms with Crippen molar-refractivity contribution < 1.29 is 9.53 Å². The summed E-state index contributed by atoms with van der Waals surface area (Å²) in [6, 6.07) is 17.5. The number of carbonyl (C=O) groups is 1. The van der Waals surface area contributed by atoms with Crippen molar-refractivity contribution in [3.63, 3.8) is 0 Å². The van der Waals surface area contributed by atoms with Gasteiger partial charge in [-0.15, -0.1) is 0 Å². The minimum atomic E-state index is -0.285. The fourth-order valence-corrected chi connectivity index (χ4v) is 5.92. The van der Waals surface area contributed by atoms with E-state index >= 15 is 0 Å². The van der Waals surface area contributed by atoms with Gasteiger partial charge in [0, 0.05) is 11.8 Å². The van der Waals surface area contributed by atoms with Crippen molar-refractivity contribution in [1.29, 1.82) is 0 Å². The fraction of sp³-hybridized carbons (Fsp3) is 0.500. The van der Waals surface area contributed by atoms with Crippen LogP contribution in [0.2, 0.25) is 0 Å². The first-order valence-electron chi connectivity index (χ1n) is 10.5. The highest BCUT2D eigenvalue weighted by molar-refractivity contribution is 5.72. The molecule has 2 atom stereocenters. The maximum Gasteiger partial charge on any atom is 0.306 e. The van der Waals surface area contributed by atoms with Gasteiger partial charge in [-0.2, -0.15) is 0 Å². The van der Waals surface area contributed by atoms with Crippen molar-refractivity contribution in [3.8, 4) is 0 Å². The second kappa shape index (κ2) is 6.20. The minimum absolute atomic E-state index is 0.0346. The first kappa shape index (κ1) is 19.2. The number of rotatable bonds is 3. The summed E-state index contributed by atoms with van der Waals surface area (Å²) in [5, 5.41) is 0. The lowest BCUT2D eigenvalue weighted by molar-refractivity contribution is -0.156. The first-order valence-corrected chi connectivity index (χ1v) is 10.5. The summed E-state index contributed by atoms with van der Waals surface area (Å²) in [6.45, 7) is 13.3. The van der Waals surface area contributed by atoms with Crippen LogP contribution in [-0.2, 0) is 25.8 Å². The van der Waals surface area contributed by atoms with Gasteiger partial charge >= 0.3 is 5.97 Å². The Bertz CT molecular complexity index is 909. The summed E-state index contributed by atoms with van der Waals surface area (Å²) >= 11 is 0. The summed E-state index contributed by atoms with van der Waals surface area (Å²) in [5.41, 5.74) is 4.87. The van der Waals surface area contributed by atoms with Crippen molar-refractivity contribution in [2.24, 2.45) is 5.92 Å². The third kappa shape index (κ3) is 2.57. The van der Waals surface area contributed by atoms with Crippen LogP contribution in [0.4, 0.5) is 0 Å². The Labute approximate surface area is 169 Å². The molecule has 2 nitrogen and oxygen atoms in total. The lowest BCUT2D eigenvalue weighted by Gasteiger charge is -2.39. The number of esters is 1. The van der Waals surface area contributed by atoms with Gasteiger partial charge in [-0.3, -0.25) is 4.79 Å². The molecule has 2 aliphatic carbocycles. The van der Waals surface area contributed by atoms with Crippen LogP contribution >= 0.6 is 0 Å². The highest BCUT2D eigenvalue weighted by Crippen LogP contribution is 2.63. The molecule has 0 aromatic heterocycles. The molecular weight excluding hydrogens is 344 g/mol. The molecular formula is C26H32O2. The van der Waals surface area contributed by atoms with E-state index in [-0.39, 0.29) is 28.3 Å². The van der Waals surface area contributed by atoms with E-state index in [4.69, 9.17) is 4.74 Å². The number of hydrogen-bond acceptors (Lipinski definition) is 2. The van der Waals surface area contributed by atoms with Gasteiger partial charge < -0.3 is 4.74 Å². The van der Waals surface area contributed by atoms with Crippen molar-refractivity contribution in [2.75, 3.05) is 0 Å². The summed E-state index contributed by atoms with van der Waals surface area (Å²) in [6.07, 6.45) is 1.22. The Morgan fingerprint density at radius 3 is 2.00 bits per heavy atom. The van der Waals surface area contributed by atoms with Crippen LogP contribution in [0, 0.1) is 5.92 Å². The molecule has 2 aromatic rings. The third-order valence-corrected chi connectivity index (χ3v) is 6.89. The molecule has 0 saturated heterocycles. The number of ether oxygens (including phenoxy) is 1. The lowest BCUT2D eigenvalue weighted by Crippen LogP contribution is -2.46. The second-order valence-electron chi connectivity index (χ2n) is 10.3. The standard InChI is InChI=1S/C26H32O2/c1-17(2)15-22(27)28-23-25(5,6)19-12-8-10-14-21(19)26(23)16-24(3,4)18-11-7-9-13-20(18)26/h7-14,17,23H,15-16H2,1-6H3. The molecule has 4 rings (SSSR count). The predicted molar refractivity (Wildman–Crippen MR) is 114 cm³/mol. The van der Waals surface area contributed by atoms with Crippen molar-refractivity contribution in [1.82, 2.24) is 0 Å². The van der Waals surface area contributed by atoms with Crippen LogP contribution in [0.5, 0.6) is 0 Å². The summed E-state index contributed by atoms with van der Waals surface area (Å²) < 4.78 is 6.37. The van der Waals surface area contributed by atoms with E-state index in [1.807, 2.05) is 0 Å². The Morgan fingerprint density at radius 2 is 1.43 bits per heavy atom. The van der Waals surface area contributed by atoms with Crippen LogP contribution in [0.15, 0.2) is 48.5 Å². The normalized spacial score (nSPS) is 26.3. The third-order valence-electron chi connectivity index (χ3n) is 6.89. The smallest absolute Gasteiger partial charge is 0.306 e. The first-order chi connectivity index (χ1) is 13.1. The molecule has 0 heterocycles. The average molecular weight is 377 g/mol. The summed E-state index contributed by atoms with van der Waals surface area (Å²) in [5.74, 6) is 0.213. The topological polar surface area (TPSA) is 26.3 Å². The van der Waals surface area contributed by atoms with Gasteiger partial charge in [0.15, 0.2) is 0 Å². The second-order valence-corrected chi connectivity index (χ2v) is 10.3. The molecule has 148 valence electrons. The lowest BCUT2D eigenvalue weighted by atomic mass is 9.70. The molecule has 28 heavy (non-hydrogen) atoms. The van der Waals surface area contributed by atoms with Crippen molar-refractivity contribution >= 4 is 5.97 Å². The summed E-state index contributed by atoms with van der Waals surface area (Å²) in [7, 11) is 0. The quantitative estimate of drug-likeness (QED) is 0.623. The Balaban J connectivity index is 1.94. The molecule has 1 spiro atoms. The predicted octanol–water partition coefficient (Wildman–Crippen LogP) is 5.90. The highest BCUT2D eigenvalue weighted by Gasteiger charge is 2.64. The molecule has 0 saturated carbocycles. The van der Waals surface area contributed by atoms with E-state index in [2.05, 4.69) is 90.1 Å². The number of carbonyl (C=O) groups excluding carboxylic acids is 1. The average Bonchev–Trinajstić information content (AvgIpc) is 2.97. The Hall–Kier alpha value is -2.09. The SMILES string of the molecule is CC(C)CC(=O)OC1C(C)(C)c2ccccc2C12CC(C)(C)c1ccccc12. The van der Waals surface area contributed by atoms with Crippen LogP contribution in [0.3, 0.4) is 0 Å². The number of fused-ring (bicyclic) bond motifs is 4. The fourth-order valence-electron chi connectivity index (χ4n) is 5.92. The van der Waals surface area contributed by atoms with E-state index in [9.17, 15) is 4.79 Å². The van der Waals surface area contributed by atoms with Gasteiger partial charge in [0.25, 0.3) is 0 Å². The minimum Gasteiger partial charge on any atom is -0.460 e. The van der Waals surface area contributed by atoms with E-state index in [1.165, 1.54) is 22.3 Å². The zero-order valence-electron chi connectivity index (χ0n) is 18.0. The van der Waals surface area contributed by atoms with Crippen LogP contribution in [0.1, 0.15) is 76.6 Å².